The van der Waals surface area contributed by atoms with Crippen LogP contribution in [0.5, 0.6) is 0 Å². The molecule has 4 atom stereocenters. The summed E-state index contributed by atoms with van der Waals surface area (Å²) in [5, 5.41) is 6.28. The summed E-state index contributed by atoms with van der Waals surface area (Å²) >= 11 is 0. The number of alkyl carbamates (subject to hydrolysis) is 1. The minimum Gasteiger partial charge on any atom is -0.444 e. The van der Waals surface area contributed by atoms with Crippen LogP contribution in [0.25, 0.3) is 0 Å². The molecule has 1 saturated heterocycles. The average Bonchev–Trinajstić information content (AvgIpc) is 3.61. The van der Waals surface area contributed by atoms with Crippen molar-refractivity contribution in [1.82, 2.24) is 19.4 Å². The van der Waals surface area contributed by atoms with Gasteiger partial charge in [-0.3, -0.25) is 4.90 Å². The summed E-state index contributed by atoms with van der Waals surface area (Å²) in [5.74, 6) is -3.06. The number of rotatable bonds is 6. The molecule has 1 aromatic carbocycles. The third-order valence-corrected chi connectivity index (χ3v) is 10.1. The Morgan fingerprint density at radius 2 is 1.84 bits per heavy atom. The molecule has 0 radical (unpaired) electrons. The number of hydrogen-bond donors (Lipinski definition) is 1. The van der Waals surface area contributed by atoms with Crippen LogP contribution in [0, 0.1) is 17.6 Å². The van der Waals surface area contributed by atoms with Crippen molar-refractivity contribution in [3.63, 3.8) is 0 Å². The molecule has 2 aromatic rings. The van der Waals surface area contributed by atoms with E-state index in [4.69, 9.17) is 9.47 Å². The van der Waals surface area contributed by atoms with E-state index in [1.807, 2.05) is 0 Å². The van der Waals surface area contributed by atoms with Gasteiger partial charge in [-0.1, -0.05) is 12.8 Å². The molecule has 1 aliphatic carbocycles. The Bertz CT molecular complexity index is 1430. The molecule has 1 amide bonds. The maximum atomic E-state index is 14.8. The number of alkyl halides is 3. The molecule has 1 saturated carbocycles. The molecule has 238 valence electrons. The van der Waals surface area contributed by atoms with Gasteiger partial charge in [-0.2, -0.15) is 22.4 Å². The van der Waals surface area contributed by atoms with Gasteiger partial charge in [0.1, 0.15) is 23.3 Å². The average molecular weight is 635 g/mol. The van der Waals surface area contributed by atoms with Gasteiger partial charge in [0.25, 0.3) is 10.0 Å². The minimum absolute atomic E-state index is 0.121. The molecule has 0 bridgehead atoms. The minimum atomic E-state index is -4.86. The number of carbonyl (C=O) groups is 1. The van der Waals surface area contributed by atoms with Crippen molar-refractivity contribution in [3.8, 4) is 0 Å². The summed E-state index contributed by atoms with van der Waals surface area (Å²) in [4.78, 5) is 14.4. The summed E-state index contributed by atoms with van der Waals surface area (Å²) < 4.78 is 110. The van der Waals surface area contributed by atoms with E-state index in [2.05, 4.69) is 10.4 Å². The van der Waals surface area contributed by atoms with Crippen LogP contribution in [-0.4, -0.2) is 64.3 Å². The second-order valence-corrected chi connectivity index (χ2v) is 14.6. The summed E-state index contributed by atoms with van der Waals surface area (Å²) in [7, 11) is -3.65. The first-order chi connectivity index (χ1) is 20.0. The van der Waals surface area contributed by atoms with Crippen LogP contribution in [0.2, 0.25) is 0 Å². The van der Waals surface area contributed by atoms with E-state index >= 15 is 0 Å². The van der Waals surface area contributed by atoms with Gasteiger partial charge in [0.15, 0.2) is 6.10 Å². The van der Waals surface area contributed by atoms with Crippen molar-refractivity contribution >= 4 is 16.1 Å². The highest BCUT2D eigenvalue weighted by atomic mass is 32.2. The molecule has 1 aromatic heterocycles. The molecule has 0 spiro atoms. The lowest BCUT2D eigenvalue weighted by Crippen LogP contribution is -2.55. The number of halogens is 5. The van der Waals surface area contributed by atoms with E-state index in [0.717, 1.165) is 35.1 Å². The smallest absolute Gasteiger partial charge is 0.414 e. The summed E-state index contributed by atoms with van der Waals surface area (Å²) in [6, 6.07) is 1.21. The van der Waals surface area contributed by atoms with Gasteiger partial charge in [-0.05, 0) is 58.2 Å². The third kappa shape index (κ3) is 6.98. The predicted molar refractivity (Wildman–Crippen MR) is 144 cm³/mol. The maximum Gasteiger partial charge on any atom is 0.414 e. The van der Waals surface area contributed by atoms with Crippen molar-refractivity contribution in [1.29, 1.82) is 0 Å². The molecular weight excluding hydrogens is 599 g/mol. The molecule has 0 unspecified atom stereocenters. The Balaban J connectivity index is 1.37. The normalized spacial score (nSPS) is 25.6. The third-order valence-electron chi connectivity index (χ3n) is 8.03. The number of nitrogens with zero attached hydrogens (tertiary/aromatic N) is 3. The molecule has 9 nitrogen and oxygen atoms in total. The molecule has 5 rings (SSSR count). The Labute approximate surface area is 246 Å². The highest BCUT2D eigenvalue weighted by Crippen LogP contribution is 2.43. The predicted octanol–water partition coefficient (Wildman–Crippen LogP) is 5.20. The standard InChI is InChI=1S/C28H35F5N4O5S/c1-27(2,3)42-26(38)34-22-10-16(25(28(31,32)33)41-24(22)20-11-18(29)8-9-21(20)30)12-36-13-17-14-37(35-23(17)15-36)43(39,40)19-6-4-5-7-19/h8-9,11,14,16,19,22,24-25H,4-7,10,12-13,15H2,1-3H3,(H,34,38)/t16-,22-,24+,25-/m0/s1. The number of amides is 1. The molecule has 3 heterocycles. The molecule has 2 aliphatic heterocycles. The van der Waals surface area contributed by atoms with Crippen molar-refractivity contribution in [3.05, 3.63) is 52.9 Å². The van der Waals surface area contributed by atoms with Crippen molar-refractivity contribution in [2.45, 2.75) is 101 Å². The summed E-state index contributed by atoms with van der Waals surface area (Å²) in [5.41, 5.74) is -0.309. The maximum absolute atomic E-state index is 14.8. The summed E-state index contributed by atoms with van der Waals surface area (Å²) in [6.45, 7) is 4.98. The van der Waals surface area contributed by atoms with E-state index in [1.54, 1.807) is 25.7 Å². The second kappa shape index (κ2) is 11.6. The van der Waals surface area contributed by atoms with Gasteiger partial charge >= 0.3 is 12.3 Å². The van der Waals surface area contributed by atoms with Crippen molar-refractivity contribution < 1.29 is 44.6 Å². The molecule has 15 heteroatoms. The molecule has 3 aliphatic rings. The van der Waals surface area contributed by atoms with Crippen LogP contribution < -0.4 is 5.32 Å². The SMILES string of the molecule is CC(C)(C)OC(=O)N[C@H]1C[C@@H](CN2Cc3cn(S(=O)(=O)C4CCCC4)nc3C2)[C@@H](C(F)(F)F)O[C@@H]1c1cc(F)ccc1F. The van der Waals surface area contributed by atoms with Crippen LogP contribution in [0.4, 0.5) is 26.7 Å². The van der Waals surface area contributed by atoms with E-state index in [-0.39, 0.29) is 26.1 Å². The topological polar surface area (TPSA) is 103 Å². The number of nitrogens with one attached hydrogen (secondary N) is 1. The van der Waals surface area contributed by atoms with Crippen LogP contribution in [0.15, 0.2) is 24.4 Å². The lowest BCUT2D eigenvalue weighted by molar-refractivity contribution is -0.269. The van der Waals surface area contributed by atoms with E-state index in [9.17, 15) is 35.2 Å². The van der Waals surface area contributed by atoms with Gasteiger partial charge in [-0.25, -0.2) is 22.0 Å². The Morgan fingerprint density at radius 3 is 2.47 bits per heavy atom. The van der Waals surface area contributed by atoms with Gasteiger partial charge in [0.05, 0.1) is 17.0 Å². The molecule has 2 fully saturated rings. The van der Waals surface area contributed by atoms with Crippen LogP contribution in [-0.2, 0) is 32.6 Å². The molecule has 1 N–H and O–H groups in total. The van der Waals surface area contributed by atoms with E-state index in [1.165, 1.54) is 6.20 Å². The highest BCUT2D eigenvalue weighted by Gasteiger charge is 2.53. The zero-order valence-corrected chi connectivity index (χ0v) is 24.9. The van der Waals surface area contributed by atoms with Gasteiger partial charge in [-0.15, -0.1) is 0 Å². The Kier molecular flexibility index (Phi) is 8.55. The van der Waals surface area contributed by atoms with Gasteiger partial charge in [0, 0.05) is 42.9 Å². The second-order valence-electron chi connectivity index (χ2n) is 12.5. The fourth-order valence-electron chi connectivity index (χ4n) is 6.19. The zero-order chi connectivity index (χ0) is 31.3. The van der Waals surface area contributed by atoms with Crippen LogP contribution in [0.1, 0.15) is 75.8 Å². The number of ether oxygens (including phenoxy) is 2. The quantitative estimate of drug-likeness (QED) is 0.436. The number of aromatic nitrogens is 2. The number of hydrogen-bond acceptors (Lipinski definition) is 7. The Hall–Kier alpha value is -2.78. The first kappa shape index (κ1) is 31.6. The van der Waals surface area contributed by atoms with Gasteiger partial charge in [0.2, 0.25) is 0 Å². The first-order valence-corrected chi connectivity index (χ1v) is 15.7. The lowest BCUT2D eigenvalue weighted by Gasteiger charge is -2.43. The molecular formula is C28H35F5N4O5S. The Morgan fingerprint density at radius 1 is 1.14 bits per heavy atom. The molecule has 43 heavy (non-hydrogen) atoms. The summed E-state index contributed by atoms with van der Waals surface area (Å²) in [6.07, 6.45) is -5.85. The van der Waals surface area contributed by atoms with Crippen LogP contribution in [0.3, 0.4) is 0 Å². The van der Waals surface area contributed by atoms with Crippen molar-refractivity contribution in [2.24, 2.45) is 5.92 Å². The highest BCUT2D eigenvalue weighted by molar-refractivity contribution is 7.90. The lowest BCUT2D eigenvalue weighted by atomic mass is 9.84. The van der Waals surface area contributed by atoms with E-state index in [0.29, 0.717) is 24.1 Å². The number of carbonyl (C=O) groups excluding carboxylic acids is 1. The van der Waals surface area contributed by atoms with E-state index < -0.39 is 74.5 Å². The number of fused-ring (bicyclic) bond motifs is 1. The van der Waals surface area contributed by atoms with Crippen molar-refractivity contribution in [2.75, 3.05) is 6.54 Å². The largest absolute Gasteiger partial charge is 0.444 e. The first-order valence-electron chi connectivity index (χ1n) is 14.2. The van der Waals surface area contributed by atoms with Crippen LogP contribution >= 0.6 is 0 Å². The zero-order valence-electron chi connectivity index (χ0n) is 24.0. The monoisotopic (exact) mass is 634 g/mol. The fraction of sp³-hybridized carbons (Fsp3) is 0.643. The van der Waals surface area contributed by atoms with Gasteiger partial charge < -0.3 is 14.8 Å². The number of benzene rings is 1. The fourth-order valence-corrected chi connectivity index (χ4v) is 7.91.